The van der Waals surface area contributed by atoms with Crippen molar-refractivity contribution in [1.82, 2.24) is 0 Å². The van der Waals surface area contributed by atoms with E-state index in [1.807, 2.05) is 39.0 Å². The highest BCUT2D eigenvalue weighted by Crippen LogP contribution is 2.30. The number of amides is 1. The topological polar surface area (TPSA) is 114 Å². The van der Waals surface area contributed by atoms with Crippen LogP contribution in [0.2, 0.25) is 0 Å². The van der Waals surface area contributed by atoms with Gasteiger partial charge in [-0.15, -0.1) is 0 Å². The molecule has 35 heavy (non-hydrogen) atoms. The number of nitro groups is 1. The van der Waals surface area contributed by atoms with Gasteiger partial charge in [0, 0.05) is 17.8 Å². The van der Waals surface area contributed by atoms with Crippen LogP contribution in [-0.2, 0) is 11.4 Å². The summed E-state index contributed by atoms with van der Waals surface area (Å²) < 4.78 is 11.5. The molecule has 0 saturated heterocycles. The highest BCUT2D eigenvalue weighted by molar-refractivity contribution is 6.10. The average molecular weight is 472 g/mol. The molecule has 178 valence electrons. The number of nitrogens with zero attached hydrogens (tertiary/aromatic N) is 2. The maximum absolute atomic E-state index is 12.7. The van der Waals surface area contributed by atoms with Crippen LogP contribution in [0.25, 0.3) is 6.08 Å². The first-order valence-electron chi connectivity index (χ1n) is 10.9. The first kappa shape index (κ1) is 25.0. The summed E-state index contributed by atoms with van der Waals surface area (Å²) in [5.74, 6) is 0.359. The van der Waals surface area contributed by atoms with E-state index in [0.717, 1.165) is 11.1 Å². The Balaban J connectivity index is 1.80. The number of anilines is 1. The normalized spacial score (nSPS) is 10.9. The van der Waals surface area contributed by atoms with Crippen LogP contribution in [0.15, 0.2) is 66.2 Å². The second-order valence-corrected chi connectivity index (χ2v) is 7.73. The quantitative estimate of drug-likeness (QED) is 0.184. The van der Waals surface area contributed by atoms with E-state index in [0.29, 0.717) is 34.9 Å². The van der Waals surface area contributed by atoms with Gasteiger partial charge in [-0.1, -0.05) is 30.3 Å². The molecule has 0 radical (unpaired) electrons. The van der Waals surface area contributed by atoms with Gasteiger partial charge in [0.1, 0.15) is 18.2 Å². The van der Waals surface area contributed by atoms with Crippen molar-refractivity contribution in [1.29, 1.82) is 5.26 Å². The van der Waals surface area contributed by atoms with Gasteiger partial charge in [-0.3, -0.25) is 14.9 Å². The van der Waals surface area contributed by atoms with Crippen molar-refractivity contribution in [3.8, 4) is 17.6 Å². The van der Waals surface area contributed by atoms with Gasteiger partial charge in [0.15, 0.2) is 11.5 Å². The Kier molecular flexibility index (Phi) is 8.20. The molecule has 3 aromatic carbocycles. The van der Waals surface area contributed by atoms with E-state index in [2.05, 4.69) is 5.32 Å². The predicted octanol–water partition coefficient (Wildman–Crippen LogP) is 5.74. The van der Waals surface area contributed by atoms with Crippen molar-refractivity contribution in [3.05, 3.63) is 98.6 Å². The van der Waals surface area contributed by atoms with Crippen molar-refractivity contribution in [2.75, 3.05) is 11.9 Å². The Morgan fingerprint density at radius 2 is 1.86 bits per heavy atom. The number of carbonyl (C=O) groups excluding carboxylic acids is 1. The molecule has 3 aromatic rings. The Hall–Kier alpha value is -4.64. The second kappa shape index (κ2) is 11.5. The number of benzene rings is 3. The summed E-state index contributed by atoms with van der Waals surface area (Å²) in [7, 11) is 0. The van der Waals surface area contributed by atoms with E-state index in [1.165, 1.54) is 18.2 Å². The molecule has 0 spiro atoms. The van der Waals surface area contributed by atoms with E-state index in [9.17, 15) is 20.2 Å². The minimum Gasteiger partial charge on any atom is -0.490 e. The van der Waals surface area contributed by atoms with Crippen molar-refractivity contribution in [2.45, 2.75) is 27.4 Å². The third kappa shape index (κ3) is 6.45. The van der Waals surface area contributed by atoms with E-state index >= 15 is 0 Å². The van der Waals surface area contributed by atoms with Crippen molar-refractivity contribution in [3.63, 3.8) is 0 Å². The van der Waals surface area contributed by atoms with Crippen LogP contribution in [0.4, 0.5) is 11.4 Å². The highest BCUT2D eigenvalue weighted by atomic mass is 16.6. The van der Waals surface area contributed by atoms with Gasteiger partial charge in [-0.2, -0.15) is 5.26 Å². The van der Waals surface area contributed by atoms with Crippen LogP contribution in [0.3, 0.4) is 0 Å². The molecule has 8 heteroatoms. The molecule has 1 N–H and O–H groups in total. The summed E-state index contributed by atoms with van der Waals surface area (Å²) >= 11 is 0. The van der Waals surface area contributed by atoms with Crippen molar-refractivity contribution in [2.24, 2.45) is 0 Å². The maximum atomic E-state index is 12.7. The molecule has 0 aliphatic carbocycles. The summed E-state index contributed by atoms with van der Waals surface area (Å²) in [5, 5.41) is 23.4. The predicted molar refractivity (Wildman–Crippen MR) is 133 cm³/mol. The Morgan fingerprint density at radius 1 is 1.09 bits per heavy atom. The number of carbonyl (C=O) groups is 1. The zero-order valence-electron chi connectivity index (χ0n) is 19.7. The fraction of sp³-hybridized carbons (Fsp3) is 0.185. The maximum Gasteiger partial charge on any atom is 0.269 e. The summed E-state index contributed by atoms with van der Waals surface area (Å²) in [6.07, 6.45) is 1.48. The first-order valence-corrected chi connectivity index (χ1v) is 10.9. The fourth-order valence-corrected chi connectivity index (χ4v) is 3.31. The Labute approximate surface area is 203 Å². The number of hydrogen-bond donors (Lipinski definition) is 1. The number of rotatable bonds is 9. The van der Waals surface area contributed by atoms with E-state index < -0.39 is 10.8 Å². The molecule has 0 bridgehead atoms. The number of non-ortho nitro benzene ring substituents is 1. The van der Waals surface area contributed by atoms with Crippen molar-refractivity contribution >= 4 is 23.4 Å². The third-order valence-corrected chi connectivity index (χ3v) is 5.31. The summed E-state index contributed by atoms with van der Waals surface area (Å²) in [5.41, 5.74) is 3.77. The lowest BCUT2D eigenvalue weighted by Gasteiger charge is -2.13. The number of hydrogen-bond acceptors (Lipinski definition) is 6. The highest BCUT2D eigenvalue weighted by Gasteiger charge is 2.13. The largest absolute Gasteiger partial charge is 0.490 e. The lowest BCUT2D eigenvalue weighted by Crippen LogP contribution is -2.14. The number of nitrogens with one attached hydrogen (secondary N) is 1. The molecule has 0 aromatic heterocycles. The number of nitriles is 1. The zero-order chi connectivity index (χ0) is 25.4. The minimum absolute atomic E-state index is 0.0141. The SMILES string of the molecule is CCOc1cc(/C=C(\C#N)C(=O)Nc2cccc(C)c2C)ccc1OCc1cccc([N+](=O)[O-])c1. The lowest BCUT2D eigenvalue weighted by atomic mass is 10.1. The summed E-state index contributed by atoms with van der Waals surface area (Å²) in [6, 6.07) is 18.8. The molecule has 0 saturated carbocycles. The number of ether oxygens (including phenoxy) is 2. The van der Waals surface area contributed by atoms with Crippen molar-refractivity contribution < 1.29 is 19.2 Å². The average Bonchev–Trinajstić information content (AvgIpc) is 2.85. The van der Waals surface area contributed by atoms with Crippen LogP contribution in [0.1, 0.15) is 29.2 Å². The monoisotopic (exact) mass is 471 g/mol. The molecule has 8 nitrogen and oxygen atoms in total. The molecule has 0 atom stereocenters. The summed E-state index contributed by atoms with van der Waals surface area (Å²) in [4.78, 5) is 23.2. The van der Waals surface area contributed by atoms with Crippen LogP contribution in [0, 0.1) is 35.3 Å². The lowest BCUT2D eigenvalue weighted by molar-refractivity contribution is -0.384. The number of nitro benzene ring substituents is 1. The van der Waals surface area contributed by atoms with Crippen LogP contribution < -0.4 is 14.8 Å². The minimum atomic E-state index is -0.509. The first-order chi connectivity index (χ1) is 16.8. The molecule has 0 fully saturated rings. The molecule has 3 rings (SSSR count). The van der Waals surface area contributed by atoms with Gasteiger partial charge in [0.2, 0.25) is 0 Å². The van der Waals surface area contributed by atoms with E-state index in [1.54, 1.807) is 36.4 Å². The molecular weight excluding hydrogens is 446 g/mol. The molecule has 0 aliphatic rings. The molecule has 0 heterocycles. The molecule has 0 unspecified atom stereocenters. The van der Waals surface area contributed by atoms with Crippen LogP contribution in [-0.4, -0.2) is 17.4 Å². The van der Waals surface area contributed by atoms with E-state index in [4.69, 9.17) is 9.47 Å². The Morgan fingerprint density at radius 3 is 2.57 bits per heavy atom. The van der Waals surface area contributed by atoms with Gasteiger partial charge >= 0.3 is 0 Å². The number of aryl methyl sites for hydroxylation is 1. The molecule has 1 amide bonds. The standard InChI is InChI=1S/C27H25N3O5/c1-4-34-26-15-20(11-12-25(26)35-17-21-8-6-9-23(14-21)30(32)33)13-22(16-28)27(31)29-24-10-5-7-18(2)19(24)3/h5-15H,4,17H2,1-3H3,(H,29,31)/b22-13+. The van der Waals surface area contributed by atoms with Crippen LogP contribution >= 0.6 is 0 Å². The van der Waals surface area contributed by atoms with Gasteiger partial charge in [-0.05, 0) is 67.3 Å². The third-order valence-electron chi connectivity index (χ3n) is 5.31. The zero-order valence-corrected chi connectivity index (χ0v) is 19.7. The van der Waals surface area contributed by atoms with Gasteiger partial charge in [-0.25, -0.2) is 0 Å². The molecular formula is C27H25N3O5. The van der Waals surface area contributed by atoms with Gasteiger partial charge in [0.25, 0.3) is 11.6 Å². The van der Waals surface area contributed by atoms with Gasteiger partial charge < -0.3 is 14.8 Å². The van der Waals surface area contributed by atoms with Gasteiger partial charge in [0.05, 0.1) is 11.5 Å². The second-order valence-electron chi connectivity index (χ2n) is 7.73. The Bertz CT molecular complexity index is 1320. The summed E-state index contributed by atoms with van der Waals surface area (Å²) in [6.45, 7) is 6.16. The molecule has 0 aliphatic heterocycles. The fourth-order valence-electron chi connectivity index (χ4n) is 3.31. The van der Waals surface area contributed by atoms with Crippen LogP contribution in [0.5, 0.6) is 11.5 Å². The van der Waals surface area contributed by atoms with E-state index in [-0.39, 0.29) is 17.9 Å². The smallest absolute Gasteiger partial charge is 0.269 e.